The Hall–Kier alpha value is -1.12. The number of hydrogen-bond donors (Lipinski definition) is 0. The maximum Gasteiger partial charge on any atom is 0.160 e. The van der Waals surface area contributed by atoms with E-state index in [0.29, 0.717) is 29.3 Å². The van der Waals surface area contributed by atoms with Gasteiger partial charge in [-0.2, -0.15) is 0 Å². The molecule has 0 aromatic carbocycles. The van der Waals surface area contributed by atoms with Gasteiger partial charge < -0.3 is 4.90 Å². The van der Waals surface area contributed by atoms with Gasteiger partial charge in [0.05, 0.1) is 0 Å². The topological polar surface area (TPSA) is 37.4 Å². The van der Waals surface area contributed by atoms with Crippen LogP contribution in [0.15, 0.2) is 12.3 Å². The molecule has 3 heteroatoms. The standard InChI is InChI=1S/C29H47NO2/c1-29(2)25-14-13-24(21-25)26(29)15-18-30(19-16-27(31)22-9-5-3-6-10-22)20-17-28(32)23-11-7-4-8-12-23/h16,19,22-26H,3-15,17-18,20-21H2,1-2H3/b19-16+. The molecule has 32 heavy (non-hydrogen) atoms. The van der Waals surface area contributed by atoms with E-state index in [1.165, 1.54) is 64.2 Å². The molecule has 0 saturated heterocycles. The van der Waals surface area contributed by atoms with Gasteiger partial charge in [0.1, 0.15) is 5.78 Å². The summed E-state index contributed by atoms with van der Waals surface area (Å²) in [4.78, 5) is 27.9. The maximum absolute atomic E-state index is 12.8. The molecule has 0 amide bonds. The lowest BCUT2D eigenvalue weighted by Crippen LogP contribution is -2.34. The Bertz CT molecular complexity index is 669. The molecule has 4 fully saturated rings. The van der Waals surface area contributed by atoms with Crippen molar-refractivity contribution < 1.29 is 9.59 Å². The minimum absolute atomic E-state index is 0.232. The molecule has 0 aliphatic heterocycles. The molecule has 4 aliphatic rings. The molecule has 4 aliphatic carbocycles. The van der Waals surface area contributed by atoms with Gasteiger partial charge in [-0.1, -0.05) is 52.4 Å². The number of nitrogens with zero attached hydrogens (tertiary/aromatic N) is 1. The Balaban J connectivity index is 1.34. The largest absolute Gasteiger partial charge is 0.377 e. The lowest BCUT2D eigenvalue weighted by atomic mass is 9.67. The lowest BCUT2D eigenvalue weighted by Gasteiger charge is -2.39. The molecule has 0 aromatic heterocycles. The highest BCUT2D eigenvalue weighted by atomic mass is 16.1. The first-order valence-corrected chi connectivity index (χ1v) is 13.9. The SMILES string of the molecule is CC1(C)C2CCC(C2)C1CCN(/C=C/C(=O)C1CCCCC1)CCC(=O)C1CCCCC1. The van der Waals surface area contributed by atoms with E-state index in [0.717, 1.165) is 56.5 Å². The second kappa shape index (κ2) is 10.9. The van der Waals surface area contributed by atoms with Crippen molar-refractivity contribution >= 4 is 11.6 Å². The van der Waals surface area contributed by atoms with Crippen LogP contribution in [0, 0.1) is 35.0 Å². The summed E-state index contributed by atoms with van der Waals surface area (Å²) in [6.07, 6.45) is 21.7. The minimum Gasteiger partial charge on any atom is -0.377 e. The number of carbonyl (C=O) groups excluding carboxylic acids is 2. The molecule has 3 nitrogen and oxygen atoms in total. The van der Waals surface area contributed by atoms with Crippen LogP contribution in [0.4, 0.5) is 0 Å². The number of rotatable bonds is 10. The minimum atomic E-state index is 0.232. The summed E-state index contributed by atoms with van der Waals surface area (Å²) in [5.41, 5.74) is 0.453. The third-order valence-corrected chi connectivity index (χ3v) is 9.94. The Morgan fingerprint density at radius 2 is 1.50 bits per heavy atom. The van der Waals surface area contributed by atoms with E-state index in [9.17, 15) is 9.59 Å². The zero-order valence-electron chi connectivity index (χ0n) is 20.8. The second-order valence-electron chi connectivity index (χ2n) is 12.1. The number of hydrogen-bond acceptors (Lipinski definition) is 3. The number of Topliss-reactive ketones (excluding diaryl/α,β-unsaturated/α-hetero) is 1. The van der Waals surface area contributed by atoms with E-state index < -0.39 is 0 Å². The van der Waals surface area contributed by atoms with Crippen LogP contribution < -0.4 is 0 Å². The normalized spacial score (nSPS) is 30.8. The summed E-state index contributed by atoms with van der Waals surface area (Å²) in [6.45, 7) is 6.75. The molecular weight excluding hydrogens is 394 g/mol. The third kappa shape index (κ3) is 5.68. The molecule has 180 valence electrons. The molecule has 0 aromatic rings. The zero-order chi connectivity index (χ0) is 22.6. The van der Waals surface area contributed by atoms with Crippen molar-refractivity contribution in [3.05, 3.63) is 12.3 Å². The summed E-state index contributed by atoms with van der Waals surface area (Å²) in [6, 6.07) is 0. The monoisotopic (exact) mass is 441 g/mol. The van der Waals surface area contributed by atoms with Crippen molar-refractivity contribution in [1.29, 1.82) is 0 Å². The van der Waals surface area contributed by atoms with Gasteiger partial charge in [-0.3, -0.25) is 9.59 Å². The number of allylic oxidation sites excluding steroid dienone is 1. The Kier molecular flexibility index (Phi) is 8.16. The van der Waals surface area contributed by atoms with Crippen LogP contribution in [0.25, 0.3) is 0 Å². The van der Waals surface area contributed by atoms with E-state index in [1.54, 1.807) is 0 Å². The van der Waals surface area contributed by atoms with Gasteiger partial charge >= 0.3 is 0 Å². The van der Waals surface area contributed by atoms with Crippen molar-refractivity contribution in [2.24, 2.45) is 35.0 Å². The first-order chi connectivity index (χ1) is 15.4. The molecule has 4 saturated carbocycles. The van der Waals surface area contributed by atoms with Gasteiger partial charge in [-0.15, -0.1) is 0 Å². The fourth-order valence-corrected chi connectivity index (χ4v) is 7.73. The van der Waals surface area contributed by atoms with Crippen LogP contribution in [0.2, 0.25) is 0 Å². The summed E-state index contributed by atoms with van der Waals surface area (Å²) in [5, 5.41) is 0. The van der Waals surface area contributed by atoms with Crippen LogP contribution >= 0.6 is 0 Å². The zero-order valence-corrected chi connectivity index (χ0v) is 20.8. The summed E-state index contributed by atoms with van der Waals surface area (Å²) >= 11 is 0. The second-order valence-corrected chi connectivity index (χ2v) is 12.1. The van der Waals surface area contributed by atoms with Crippen molar-refractivity contribution in [3.63, 3.8) is 0 Å². The first kappa shape index (κ1) is 24.0. The Labute approximate surface area is 196 Å². The number of ketones is 2. The van der Waals surface area contributed by atoms with Crippen LogP contribution in [-0.2, 0) is 9.59 Å². The Morgan fingerprint density at radius 1 is 0.844 bits per heavy atom. The fourth-order valence-electron chi connectivity index (χ4n) is 7.73. The van der Waals surface area contributed by atoms with E-state index in [4.69, 9.17) is 0 Å². The molecule has 0 N–H and O–H groups in total. The molecule has 0 heterocycles. The van der Waals surface area contributed by atoms with Gasteiger partial charge in [0.15, 0.2) is 5.78 Å². The van der Waals surface area contributed by atoms with E-state index >= 15 is 0 Å². The molecule has 3 atom stereocenters. The van der Waals surface area contributed by atoms with Crippen LogP contribution in [-0.4, -0.2) is 29.6 Å². The van der Waals surface area contributed by atoms with Crippen molar-refractivity contribution in [2.75, 3.05) is 13.1 Å². The van der Waals surface area contributed by atoms with E-state index in [-0.39, 0.29) is 5.92 Å². The van der Waals surface area contributed by atoms with Crippen molar-refractivity contribution in [1.82, 2.24) is 4.90 Å². The third-order valence-electron chi connectivity index (χ3n) is 9.94. The smallest absolute Gasteiger partial charge is 0.160 e. The van der Waals surface area contributed by atoms with Gasteiger partial charge in [-0.05, 0) is 80.6 Å². The van der Waals surface area contributed by atoms with Gasteiger partial charge in [-0.25, -0.2) is 0 Å². The molecule has 0 radical (unpaired) electrons. The maximum atomic E-state index is 12.8. The van der Waals surface area contributed by atoms with Crippen LogP contribution in [0.1, 0.15) is 110 Å². The average molecular weight is 442 g/mol. The van der Waals surface area contributed by atoms with Gasteiger partial charge in [0.2, 0.25) is 0 Å². The Morgan fingerprint density at radius 3 is 2.12 bits per heavy atom. The molecular formula is C29H47NO2. The first-order valence-electron chi connectivity index (χ1n) is 13.9. The highest BCUT2D eigenvalue weighted by molar-refractivity contribution is 5.91. The summed E-state index contributed by atoms with van der Waals surface area (Å²) in [7, 11) is 0. The van der Waals surface area contributed by atoms with Crippen molar-refractivity contribution in [2.45, 2.75) is 110 Å². The average Bonchev–Trinajstić information content (AvgIpc) is 3.39. The number of fused-ring (bicyclic) bond motifs is 2. The number of carbonyl (C=O) groups is 2. The fraction of sp³-hybridized carbons (Fsp3) is 0.862. The van der Waals surface area contributed by atoms with E-state index in [2.05, 4.69) is 24.9 Å². The highest BCUT2D eigenvalue weighted by Crippen LogP contribution is 2.60. The predicted octanol–water partition coefficient (Wildman–Crippen LogP) is 6.95. The van der Waals surface area contributed by atoms with Crippen LogP contribution in [0.5, 0.6) is 0 Å². The van der Waals surface area contributed by atoms with Crippen molar-refractivity contribution in [3.8, 4) is 0 Å². The predicted molar refractivity (Wildman–Crippen MR) is 131 cm³/mol. The molecule has 0 spiro atoms. The summed E-state index contributed by atoms with van der Waals surface area (Å²) in [5.74, 6) is 3.89. The van der Waals surface area contributed by atoms with E-state index in [1.807, 2.05) is 6.08 Å². The highest BCUT2D eigenvalue weighted by Gasteiger charge is 2.52. The molecule has 3 unspecified atom stereocenters. The quantitative estimate of drug-likeness (QED) is 0.344. The van der Waals surface area contributed by atoms with Gasteiger partial charge in [0, 0.05) is 37.5 Å². The van der Waals surface area contributed by atoms with Crippen LogP contribution in [0.3, 0.4) is 0 Å². The van der Waals surface area contributed by atoms with Gasteiger partial charge in [0.25, 0.3) is 0 Å². The molecule has 4 rings (SSSR count). The lowest BCUT2D eigenvalue weighted by molar-refractivity contribution is -0.124. The summed E-state index contributed by atoms with van der Waals surface area (Å²) < 4.78 is 0. The molecule has 2 bridgehead atoms.